The summed E-state index contributed by atoms with van der Waals surface area (Å²) in [6.07, 6.45) is 1.35. The average molecular weight is 366 g/mol. The van der Waals surface area contributed by atoms with Crippen LogP contribution in [-0.2, 0) is 23.0 Å². The summed E-state index contributed by atoms with van der Waals surface area (Å²) in [5.41, 5.74) is -0.182. The van der Waals surface area contributed by atoms with Crippen molar-refractivity contribution in [2.45, 2.75) is 24.8 Å². The average Bonchev–Trinajstić information content (AvgIpc) is 2.52. The normalized spacial score (nSPS) is 15.0. The van der Waals surface area contributed by atoms with Gasteiger partial charge in [-0.3, -0.25) is 9.78 Å². The zero-order valence-electron chi connectivity index (χ0n) is 14.0. The lowest BCUT2D eigenvalue weighted by atomic mass is 10.1. The Labute approximate surface area is 143 Å². The lowest BCUT2D eigenvalue weighted by molar-refractivity contribution is 0.383. The molecule has 1 aliphatic rings. The summed E-state index contributed by atoms with van der Waals surface area (Å²) in [6, 6.07) is 0. The van der Waals surface area contributed by atoms with Crippen molar-refractivity contribution in [2.24, 2.45) is 0 Å². The van der Waals surface area contributed by atoms with Gasteiger partial charge >= 0.3 is 5.69 Å². The van der Waals surface area contributed by atoms with Crippen LogP contribution < -0.4 is 16.1 Å². The Balaban J connectivity index is 2.03. The molecular weight excluding hydrogens is 348 g/mol. The molecule has 0 saturated carbocycles. The molecule has 0 atom stereocenters. The first-order chi connectivity index (χ1) is 11.7. The summed E-state index contributed by atoms with van der Waals surface area (Å²) in [4.78, 5) is 37.2. The van der Waals surface area contributed by atoms with E-state index in [-0.39, 0.29) is 13.1 Å². The van der Waals surface area contributed by atoms with E-state index >= 15 is 0 Å². The molecule has 3 rings (SSSR count). The van der Waals surface area contributed by atoms with Gasteiger partial charge in [-0.25, -0.2) is 23.2 Å². The third-order valence-electron chi connectivity index (χ3n) is 3.95. The number of hydrogen-bond acceptors (Lipinski definition) is 7. The molecule has 0 fully saturated rings. The minimum atomic E-state index is -4.05. The molecule has 0 spiro atoms. The smallest absolute Gasteiger partial charge is 0.325 e. The zero-order valence-corrected chi connectivity index (χ0v) is 14.8. The molecule has 0 aromatic carbocycles. The Morgan fingerprint density at radius 2 is 1.96 bits per heavy atom. The van der Waals surface area contributed by atoms with Gasteiger partial charge in [-0.2, -0.15) is 4.31 Å². The molecule has 2 N–H and O–H groups in total. The predicted molar refractivity (Wildman–Crippen MR) is 90.1 cm³/mol. The second-order valence-electron chi connectivity index (χ2n) is 5.94. The topological polar surface area (TPSA) is 132 Å². The van der Waals surface area contributed by atoms with Crippen LogP contribution in [0.15, 0.2) is 20.7 Å². The third kappa shape index (κ3) is 3.07. The summed E-state index contributed by atoms with van der Waals surface area (Å²) in [7, 11) is -0.320. The van der Waals surface area contributed by atoms with Crippen LogP contribution in [0, 0.1) is 6.92 Å². The molecule has 0 unspecified atom stereocenters. The molecule has 0 aliphatic carbocycles. The molecule has 1 aliphatic heterocycles. The highest BCUT2D eigenvalue weighted by molar-refractivity contribution is 7.89. The van der Waals surface area contributed by atoms with Crippen LogP contribution in [0.25, 0.3) is 0 Å². The minimum absolute atomic E-state index is 0.0421. The fourth-order valence-corrected chi connectivity index (χ4v) is 4.21. The molecule has 2 aromatic rings. The molecular formula is C14H18N6O4S. The number of sulfonamides is 1. The van der Waals surface area contributed by atoms with Crippen LogP contribution in [0.4, 0.5) is 5.82 Å². The molecule has 0 radical (unpaired) electrons. The van der Waals surface area contributed by atoms with Crippen LogP contribution in [0.1, 0.15) is 17.1 Å². The number of nitrogens with one attached hydrogen (secondary N) is 2. The maximum absolute atomic E-state index is 12.8. The van der Waals surface area contributed by atoms with Crippen molar-refractivity contribution < 1.29 is 8.42 Å². The fraction of sp³-hybridized carbons (Fsp3) is 0.429. The number of aryl methyl sites for hydroxylation is 1. The van der Waals surface area contributed by atoms with E-state index in [1.54, 1.807) is 6.92 Å². The molecule has 2 aromatic heterocycles. The molecule has 3 heterocycles. The number of fused-ring (bicyclic) bond motifs is 1. The van der Waals surface area contributed by atoms with Crippen LogP contribution in [0.3, 0.4) is 0 Å². The summed E-state index contributed by atoms with van der Waals surface area (Å²) in [5, 5.41) is 0. The number of hydrogen-bond donors (Lipinski definition) is 2. The zero-order chi connectivity index (χ0) is 18.4. The summed E-state index contributed by atoms with van der Waals surface area (Å²) >= 11 is 0. The molecule has 0 saturated heterocycles. The summed E-state index contributed by atoms with van der Waals surface area (Å²) < 4.78 is 26.7. The van der Waals surface area contributed by atoms with Gasteiger partial charge in [0.1, 0.15) is 11.6 Å². The number of anilines is 1. The van der Waals surface area contributed by atoms with Crippen LogP contribution in [0.2, 0.25) is 0 Å². The van der Waals surface area contributed by atoms with E-state index in [1.807, 2.05) is 24.0 Å². The Bertz CT molecular complexity index is 1040. The van der Waals surface area contributed by atoms with Crippen molar-refractivity contribution in [1.29, 1.82) is 0 Å². The lowest BCUT2D eigenvalue weighted by Crippen LogP contribution is -2.40. The summed E-state index contributed by atoms with van der Waals surface area (Å²) in [6.45, 7) is 1.98. The van der Waals surface area contributed by atoms with Crippen molar-refractivity contribution in [1.82, 2.24) is 24.2 Å². The first kappa shape index (κ1) is 17.3. The fourth-order valence-electron chi connectivity index (χ4n) is 2.81. The van der Waals surface area contributed by atoms with Crippen molar-refractivity contribution in [3.8, 4) is 0 Å². The molecule has 11 heteroatoms. The van der Waals surface area contributed by atoms with Gasteiger partial charge in [0.25, 0.3) is 5.56 Å². The minimum Gasteiger partial charge on any atom is -0.362 e. The Morgan fingerprint density at radius 1 is 1.24 bits per heavy atom. The quantitative estimate of drug-likeness (QED) is 0.710. The largest absolute Gasteiger partial charge is 0.362 e. The van der Waals surface area contributed by atoms with Gasteiger partial charge in [0.05, 0.1) is 12.2 Å². The van der Waals surface area contributed by atoms with Crippen molar-refractivity contribution in [2.75, 3.05) is 25.5 Å². The van der Waals surface area contributed by atoms with E-state index in [4.69, 9.17) is 0 Å². The Hall–Kier alpha value is -2.53. The van der Waals surface area contributed by atoms with Gasteiger partial charge in [-0.1, -0.05) is 0 Å². The molecule has 0 amide bonds. The SMILES string of the molecule is Cc1nc2c(c(N(C)C)n1)CCN(S(=O)(=O)c1c[nH]c(=O)[nH]c1=O)C2. The Kier molecular flexibility index (Phi) is 4.21. The maximum Gasteiger partial charge on any atom is 0.325 e. The maximum atomic E-state index is 12.8. The number of rotatable bonds is 3. The van der Waals surface area contributed by atoms with Gasteiger partial charge in [0.2, 0.25) is 10.0 Å². The molecule has 25 heavy (non-hydrogen) atoms. The number of nitrogens with zero attached hydrogens (tertiary/aromatic N) is 4. The monoisotopic (exact) mass is 366 g/mol. The molecule has 134 valence electrons. The second kappa shape index (κ2) is 6.08. The molecule has 10 nitrogen and oxygen atoms in total. The number of aromatic amines is 2. The predicted octanol–water partition coefficient (Wildman–Crippen LogP) is -1.03. The van der Waals surface area contributed by atoms with E-state index in [9.17, 15) is 18.0 Å². The van der Waals surface area contributed by atoms with Crippen LogP contribution in [-0.4, -0.2) is 53.3 Å². The van der Waals surface area contributed by atoms with Gasteiger partial charge in [-0.15, -0.1) is 0 Å². The van der Waals surface area contributed by atoms with E-state index in [1.165, 1.54) is 4.31 Å². The van der Waals surface area contributed by atoms with Gasteiger partial charge < -0.3 is 9.88 Å². The van der Waals surface area contributed by atoms with Crippen molar-refractivity contribution >= 4 is 15.8 Å². The van der Waals surface area contributed by atoms with Gasteiger partial charge in [-0.05, 0) is 13.3 Å². The van der Waals surface area contributed by atoms with E-state index in [0.29, 0.717) is 17.9 Å². The highest BCUT2D eigenvalue weighted by atomic mass is 32.2. The first-order valence-corrected chi connectivity index (χ1v) is 9.00. The highest BCUT2D eigenvalue weighted by Crippen LogP contribution is 2.27. The molecule has 0 bridgehead atoms. The van der Waals surface area contributed by atoms with Gasteiger partial charge in [0.15, 0.2) is 4.90 Å². The third-order valence-corrected chi connectivity index (χ3v) is 5.80. The first-order valence-electron chi connectivity index (χ1n) is 7.56. The second-order valence-corrected chi connectivity index (χ2v) is 7.85. The Morgan fingerprint density at radius 3 is 2.60 bits per heavy atom. The van der Waals surface area contributed by atoms with Crippen molar-refractivity contribution in [3.05, 3.63) is 44.1 Å². The standard InChI is InChI=1S/C14H18N6O4S/c1-8-16-10-7-20(5-4-9(10)12(17-8)19(2)3)25(23,24)11-6-15-14(22)18-13(11)21/h6H,4-5,7H2,1-3H3,(H2,15,18,21,22). The van der Waals surface area contributed by atoms with Crippen LogP contribution >= 0.6 is 0 Å². The van der Waals surface area contributed by atoms with Crippen LogP contribution in [0.5, 0.6) is 0 Å². The van der Waals surface area contributed by atoms with E-state index < -0.39 is 26.2 Å². The van der Waals surface area contributed by atoms with E-state index in [2.05, 4.69) is 15.0 Å². The highest BCUT2D eigenvalue weighted by Gasteiger charge is 2.32. The number of aromatic nitrogens is 4. The van der Waals surface area contributed by atoms with Crippen molar-refractivity contribution in [3.63, 3.8) is 0 Å². The number of H-pyrrole nitrogens is 2. The lowest BCUT2D eigenvalue weighted by Gasteiger charge is -2.29. The summed E-state index contributed by atoms with van der Waals surface area (Å²) in [5.74, 6) is 1.31. The van der Waals surface area contributed by atoms with Gasteiger partial charge in [0, 0.05) is 32.4 Å². The van der Waals surface area contributed by atoms with E-state index in [0.717, 1.165) is 17.6 Å².